The average molecular weight is 318 g/mol. The fraction of sp³-hybridized carbons (Fsp3) is 0.125. The van der Waals surface area contributed by atoms with Gasteiger partial charge in [0.05, 0.1) is 0 Å². The predicted octanol–water partition coefficient (Wildman–Crippen LogP) is 4.49. The number of hydrogen-bond donors (Lipinski definition) is 0. The van der Waals surface area contributed by atoms with Gasteiger partial charge in [-0.15, -0.1) is 10.2 Å². The molecular formula is C16H13Cl2N3. The zero-order valence-electron chi connectivity index (χ0n) is 11.2. The molecule has 3 nitrogen and oxygen atoms in total. The van der Waals surface area contributed by atoms with Crippen LogP contribution < -0.4 is 0 Å². The molecule has 0 N–H and O–H groups in total. The van der Waals surface area contributed by atoms with Crippen LogP contribution in [0.3, 0.4) is 0 Å². The summed E-state index contributed by atoms with van der Waals surface area (Å²) in [5.74, 6) is 0.787. The van der Waals surface area contributed by atoms with Crippen LogP contribution in [-0.2, 0) is 13.0 Å². The molecule has 1 heterocycles. The Kier molecular flexibility index (Phi) is 4.23. The summed E-state index contributed by atoms with van der Waals surface area (Å²) in [5.41, 5.74) is 2.20. The first-order valence-corrected chi connectivity index (χ1v) is 7.38. The maximum atomic E-state index is 6.15. The van der Waals surface area contributed by atoms with Crippen LogP contribution in [0.5, 0.6) is 0 Å². The van der Waals surface area contributed by atoms with Crippen LogP contribution in [0, 0.1) is 0 Å². The summed E-state index contributed by atoms with van der Waals surface area (Å²) in [6.07, 6.45) is 0.842. The van der Waals surface area contributed by atoms with Crippen LogP contribution in [0.1, 0.15) is 5.56 Å². The van der Waals surface area contributed by atoms with Gasteiger partial charge in [-0.05, 0) is 35.7 Å². The number of halogens is 2. The van der Waals surface area contributed by atoms with Crippen molar-refractivity contribution in [2.24, 2.45) is 0 Å². The molecule has 0 radical (unpaired) electrons. The minimum Gasteiger partial charge on any atom is -0.297 e. The number of nitrogens with zero attached hydrogens (tertiary/aromatic N) is 3. The number of benzene rings is 2. The summed E-state index contributed by atoms with van der Waals surface area (Å²) < 4.78 is 1.92. The zero-order valence-corrected chi connectivity index (χ0v) is 12.7. The van der Waals surface area contributed by atoms with Crippen molar-refractivity contribution in [3.63, 3.8) is 0 Å². The molecule has 1 aromatic heterocycles. The molecule has 0 saturated carbocycles. The Morgan fingerprint density at radius 2 is 1.57 bits per heavy atom. The SMILES string of the molecule is Clc1ccc(CCn2c(Cl)nnc2-c2ccccc2)cc1. The zero-order chi connectivity index (χ0) is 14.7. The molecule has 0 atom stereocenters. The molecule has 0 fully saturated rings. The average Bonchev–Trinajstić information content (AvgIpc) is 2.89. The normalized spacial score (nSPS) is 10.8. The van der Waals surface area contributed by atoms with E-state index in [1.807, 2.05) is 59.2 Å². The van der Waals surface area contributed by atoms with E-state index in [0.717, 1.165) is 29.4 Å². The van der Waals surface area contributed by atoms with Crippen LogP contribution >= 0.6 is 23.2 Å². The van der Waals surface area contributed by atoms with Crippen LogP contribution in [0.4, 0.5) is 0 Å². The van der Waals surface area contributed by atoms with Crippen molar-refractivity contribution >= 4 is 23.2 Å². The molecule has 0 unspecified atom stereocenters. The topological polar surface area (TPSA) is 30.7 Å². The maximum Gasteiger partial charge on any atom is 0.225 e. The van der Waals surface area contributed by atoms with Gasteiger partial charge in [-0.3, -0.25) is 4.57 Å². The molecule has 0 aliphatic heterocycles. The second-order valence-electron chi connectivity index (χ2n) is 4.69. The van der Waals surface area contributed by atoms with Gasteiger partial charge in [-0.25, -0.2) is 0 Å². The minimum atomic E-state index is 0.405. The highest BCUT2D eigenvalue weighted by Crippen LogP contribution is 2.21. The highest BCUT2D eigenvalue weighted by atomic mass is 35.5. The minimum absolute atomic E-state index is 0.405. The molecule has 5 heteroatoms. The van der Waals surface area contributed by atoms with E-state index < -0.39 is 0 Å². The lowest BCUT2D eigenvalue weighted by molar-refractivity contribution is 0.701. The molecule has 2 aromatic carbocycles. The van der Waals surface area contributed by atoms with E-state index >= 15 is 0 Å². The molecule has 0 aliphatic rings. The molecule has 0 bridgehead atoms. The van der Waals surface area contributed by atoms with E-state index in [1.54, 1.807) is 0 Å². The molecule has 21 heavy (non-hydrogen) atoms. The van der Waals surface area contributed by atoms with E-state index in [0.29, 0.717) is 5.28 Å². The Balaban J connectivity index is 1.82. The summed E-state index contributed by atoms with van der Waals surface area (Å²) >= 11 is 12.1. The number of aryl methyl sites for hydroxylation is 1. The fourth-order valence-electron chi connectivity index (χ4n) is 2.17. The molecule has 106 valence electrons. The lowest BCUT2D eigenvalue weighted by Gasteiger charge is -2.08. The highest BCUT2D eigenvalue weighted by Gasteiger charge is 2.11. The van der Waals surface area contributed by atoms with E-state index in [2.05, 4.69) is 10.2 Å². The summed E-state index contributed by atoms with van der Waals surface area (Å²) in [6.45, 7) is 0.720. The second kappa shape index (κ2) is 6.29. The van der Waals surface area contributed by atoms with Crippen molar-refractivity contribution in [3.8, 4) is 11.4 Å². The van der Waals surface area contributed by atoms with Gasteiger partial charge in [-0.1, -0.05) is 54.1 Å². The Hall–Kier alpha value is -1.84. The Morgan fingerprint density at radius 3 is 2.29 bits per heavy atom. The fourth-order valence-corrected chi connectivity index (χ4v) is 2.50. The van der Waals surface area contributed by atoms with Crippen LogP contribution in [0.2, 0.25) is 10.3 Å². The third kappa shape index (κ3) is 3.26. The molecule has 3 rings (SSSR count). The second-order valence-corrected chi connectivity index (χ2v) is 5.46. The third-order valence-electron chi connectivity index (χ3n) is 3.27. The van der Waals surface area contributed by atoms with Crippen molar-refractivity contribution in [1.82, 2.24) is 14.8 Å². The number of hydrogen-bond acceptors (Lipinski definition) is 2. The first kappa shape index (κ1) is 14.1. The van der Waals surface area contributed by atoms with Gasteiger partial charge in [-0.2, -0.15) is 0 Å². The van der Waals surface area contributed by atoms with Crippen LogP contribution in [0.15, 0.2) is 54.6 Å². The van der Waals surface area contributed by atoms with Crippen LogP contribution in [-0.4, -0.2) is 14.8 Å². The lowest BCUT2D eigenvalue weighted by atomic mass is 10.1. The summed E-state index contributed by atoms with van der Waals surface area (Å²) in [4.78, 5) is 0. The Morgan fingerprint density at radius 1 is 0.857 bits per heavy atom. The number of rotatable bonds is 4. The van der Waals surface area contributed by atoms with Gasteiger partial charge in [0.2, 0.25) is 5.28 Å². The lowest BCUT2D eigenvalue weighted by Crippen LogP contribution is -2.04. The van der Waals surface area contributed by atoms with Crippen molar-refractivity contribution in [3.05, 3.63) is 70.5 Å². The first-order valence-electron chi connectivity index (χ1n) is 6.62. The maximum absolute atomic E-state index is 6.15. The van der Waals surface area contributed by atoms with Gasteiger partial charge in [0, 0.05) is 17.1 Å². The molecule has 3 aromatic rings. The van der Waals surface area contributed by atoms with Gasteiger partial charge < -0.3 is 0 Å². The molecule has 0 spiro atoms. The third-order valence-corrected chi connectivity index (χ3v) is 3.81. The molecular weight excluding hydrogens is 305 g/mol. The van der Waals surface area contributed by atoms with E-state index in [9.17, 15) is 0 Å². The summed E-state index contributed by atoms with van der Waals surface area (Å²) in [7, 11) is 0. The van der Waals surface area contributed by atoms with E-state index in [1.165, 1.54) is 5.56 Å². The summed E-state index contributed by atoms with van der Waals surface area (Å²) in [6, 6.07) is 17.7. The smallest absolute Gasteiger partial charge is 0.225 e. The summed E-state index contributed by atoms with van der Waals surface area (Å²) in [5, 5.41) is 9.30. The van der Waals surface area contributed by atoms with Crippen molar-refractivity contribution in [2.75, 3.05) is 0 Å². The van der Waals surface area contributed by atoms with Gasteiger partial charge >= 0.3 is 0 Å². The predicted molar refractivity (Wildman–Crippen MR) is 85.6 cm³/mol. The number of aromatic nitrogens is 3. The Labute approximate surface area is 133 Å². The van der Waals surface area contributed by atoms with Gasteiger partial charge in [0.15, 0.2) is 5.82 Å². The monoisotopic (exact) mass is 317 g/mol. The molecule has 0 saturated heterocycles. The van der Waals surface area contributed by atoms with E-state index in [-0.39, 0.29) is 0 Å². The Bertz CT molecular complexity index is 721. The first-order chi connectivity index (χ1) is 10.2. The van der Waals surface area contributed by atoms with Crippen molar-refractivity contribution < 1.29 is 0 Å². The quantitative estimate of drug-likeness (QED) is 0.709. The van der Waals surface area contributed by atoms with E-state index in [4.69, 9.17) is 23.2 Å². The van der Waals surface area contributed by atoms with Gasteiger partial charge in [0.1, 0.15) is 0 Å². The standard InChI is InChI=1S/C16H13Cl2N3/c17-14-8-6-12(7-9-14)10-11-21-15(19-20-16(21)18)13-4-2-1-3-5-13/h1-9H,10-11H2. The molecule has 0 amide bonds. The van der Waals surface area contributed by atoms with Gasteiger partial charge in [0.25, 0.3) is 0 Å². The van der Waals surface area contributed by atoms with Crippen LogP contribution in [0.25, 0.3) is 11.4 Å². The highest BCUT2D eigenvalue weighted by molar-refractivity contribution is 6.30. The van der Waals surface area contributed by atoms with Crippen molar-refractivity contribution in [1.29, 1.82) is 0 Å². The largest absolute Gasteiger partial charge is 0.297 e. The molecule has 0 aliphatic carbocycles. The van der Waals surface area contributed by atoms with Crippen molar-refractivity contribution in [2.45, 2.75) is 13.0 Å².